The number of rotatable bonds is 3. The summed E-state index contributed by atoms with van der Waals surface area (Å²) in [7, 11) is -3.56. The van der Waals surface area contributed by atoms with Crippen molar-refractivity contribution in [3.05, 3.63) is 65.7 Å². The number of nitriles is 1. The van der Waals surface area contributed by atoms with Gasteiger partial charge in [0.2, 0.25) is 10.0 Å². The minimum Gasteiger partial charge on any atom is -0.207 e. The second-order valence-electron chi connectivity index (χ2n) is 6.90. The third kappa shape index (κ3) is 2.34. The van der Waals surface area contributed by atoms with Gasteiger partial charge in [0, 0.05) is 13.1 Å². The van der Waals surface area contributed by atoms with Gasteiger partial charge in [0.15, 0.2) is 0 Å². The number of hydrogen-bond donors (Lipinski definition) is 0. The molecule has 2 fully saturated rings. The van der Waals surface area contributed by atoms with Crippen molar-refractivity contribution in [2.75, 3.05) is 13.1 Å². The molecule has 4 nitrogen and oxygen atoms in total. The molecule has 4 rings (SSSR count). The molecule has 5 heteroatoms. The van der Waals surface area contributed by atoms with Gasteiger partial charge in [-0.05, 0) is 41.9 Å². The van der Waals surface area contributed by atoms with Crippen LogP contribution in [0.4, 0.5) is 0 Å². The Hall–Kier alpha value is -2.16. The van der Waals surface area contributed by atoms with Gasteiger partial charge in [0.05, 0.1) is 10.5 Å². The summed E-state index contributed by atoms with van der Waals surface area (Å²) < 4.78 is 27.0. The Morgan fingerprint density at radius 3 is 2.29 bits per heavy atom. The summed E-state index contributed by atoms with van der Waals surface area (Å²) in [6.07, 6.45) is 2.09. The van der Waals surface area contributed by atoms with E-state index in [9.17, 15) is 8.42 Å². The van der Waals surface area contributed by atoms with Gasteiger partial charge >= 0.3 is 0 Å². The third-order valence-electron chi connectivity index (χ3n) is 5.28. The monoisotopic (exact) mass is 338 g/mol. The summed E-state index contributed by atoms with van der Waals surface area (Å²) in [5.74, 6) is 0.544. The van der Waals surface area contributed by atoms with Gasteiger partial charge in [0.25, 0.3) is 0 Å². The Labute approximate surface area is 142 Å². The Morgan fingerprint density at radius 1 is 1.00 bits per heavy atom. The zero-order valence-corrected chi connectivity index (χ0v) is 14.0. The van der Waals surface area contributed by atoms with Crippen LogP contribution in [-0.4, -0.2) is 25.8 Å². The van der Waals surface area contributed by atoms with E-state index >= 15 is 0 Å². The van der Waals surface area contributed by atoms with Gasteiger partial charge in [-0.25, -0.2) is 8.42 Å². The zero-order chi connectivity index (χ0) is 16.8. The molecule has 0 amide bonds. The lowest BCUT2D eigenvalue weighted by molar-refractivity contribution is -0.0255. The largest absolute Gasteiger partial charge is 0.244 e. The smallest absolute Gasteiger partial charge is 0.207 e. The van der Waals surface area contributed by atoms with E-state index in [2.05, 4.69) is 24.3 Å². The highest BCUT2D eigenvalue weighted by Crippen LogP contribution is 2.56. The molecule has 0 radical (unpaired) electrons. The van der Waals surface area contributed by atoms with E-state index < -0.39 is 10.0 Å². The van der Waals surface area contributed by atoms with Crippen LogP contribution in [-0.2, 0) is 10.0 Å². The first-order valence-electron chi connectivity index (χ1n) is 8.08. The number of hydrogen-bond acceptors (Lipinski definition) is 3. The Balaban J connectivity index is 1.46. The van der Waals surface area contributed by atoms with Crippen molar-refractivity contribution in [3.63, 3.8) is 0 Å². The fourth-order valence-corrected chi connectivity index (χ4v) is 5.81. The van der Waals surface area contributed by atoms with Crippen molar-refractivity contribution in [3.8, 4) is 6.07 Å². The molecule has 1 aliphatic carbocycles. The fourth-order valence-electron chi connectivity index (χ4n) is 4.00. The highest BCUT2D eigenvalue weighted by molar-refractivity contribution is 7.89. The van der Waals surface area contributed by atoms with Gasteiger partial charge in [-0.2, -0.15) is 9.57 Å². The maximum absolute atomic E-state index is 12.7. The van der Waals surface area contributed by atoms with Crippen LogP contribution in [0.2, 0.25) is 0 Å². The lowest BCUT2D eigenvalue weighted by Crippen LogP contribution is -2.63. The molecule has 2 aliphatic rings. The Morgan fingerprint density at radius 2 is 1.62 bits per heavy atom. The topological polar surface area (TPSA) is 61.2 Å². The highest BCUT2D eigenvalue weighted by atomic mass is 32.2. The van der Waals surface area contributed by atoms with Crippen molar-refractivity contribution in [1.82, 2.24) is 4.31 Å². The molecule has 2 aromatic carbocycles. The van der Waals surface area contributed by atoms with Crippen LogP contribution in [0.1, 0.15) is 29.9 Å². The third-order valence-corrected chi connectivity index (χ3v) is 7.13. The van der Waals surface area contributed by atoms with E-state index in [4.69, 9.17) is 5.26 Å². The molecule has 0 aromatic heterocycles. The summed E-state index contributed by atoms with van der Waals surface area (Å²) >= 11 is 0. The van der Waals surface area contributed by atoms with Crippen molar-refractivity contribution >= 4 is 10.0 Å². The van der Waals surface area contributed by atoms with Crippen LogP contribution < -0.4 is 0 Å². The van der Waals surface area contributed by atoms with Crippen LogP contribution in [0.3, 0.4) is 0 Å². The summed E-state index contributed by atoms with van der Waals surface area (Å²) in [6.45, 7) is 1.14. The minimum absolute atomic E-state index is 0.126. The van der Waals surface area contributed by atoms with E-state index in [-0.39, 0.29) is 15.9 Å². The molecule has 2 aromatic rings. The second kappa shape index (κ2) is 5.44. The molecule has 0 atom stereocenters. The summed E-state index contributed by atoms with van der Waals surface area (Å²) in [4.78, 5) is 0.126. The number of benzene rings is 2. The molecule has 1 aliphatic heterocycles. The predicted octanol–water partition coefficient (Wildman–Crippen LogP) is 3.13. The standard InChI is InChI=1S/C19H18N2O2S/c20-12-16-8-4-5-9-18(16)24(22,23)21-13-19(14-21)10-17(11-19)15-6-2-1-3-7-15/h1-9,17H,10-11,13-14H2. The molecule has 1 saturated carbocycles. The quantitative estimate of drug-likeness (QED) is 0.864. The minimum atomic E-state index is -3.56. The lowest BCUT2D eigenvalue weighted by Gasteiger charge is -2.58. The highest BCUT2D eigenvalue weighted by Gasteiger charge is 2.55. The van der Waals surface area contributed by atoms with Crippen molar-refractivity contribution in [2.45, 2.75) is 23.7 Å². The maximum Gasteiger partial charge on any atom is 0.244 e. The van der Waals surface area contributed by atoms with Crippen LogP contribution in [0.5, 0.6) is 0 Å². The summed E-state index contributed by atoms with van der Waals surface area (Å²) in [5, 5.41) is 9.14. The first-order chi connectivity index (χ1) is 11.5. The molecular weight excluding hydrogens is 320 g/mol. The van der Waals surface area contributed by atoms with Crippen LogP contribution in [0, 0.1) is 16.7 Å². The number of nitrogens with zero attached hydrogens (tertiary/aromatic N) is 2. The maximum atomic E-state index is 12.7. The molecule has 1 spiro atoms. The van der Waals surface area contributed by atoms with Crippen molar-refractivity contribution < 1.29 is 8.42 Å². The molecule has 0 N–H and O–H groups in total. The SMILES string of the molecule is N#Cc1ccccc1S(=O)(=O)N1CC2(CC(c3ccccc3)C2)C1. The van der Waals surface area contributed by atoms with Gasteiger partial charge in [0.1, 0.15) is 6.07 Å². The Kier molecular flexibility index (Phi) is 3.48. The molecular formula is C19H18N2O2S. The average molecular weight is 338 g/mol. The molecule has 122 valence electrons. The van der Waals surface area contributed by atoms with Crippen molar-refractivity contribution in [1.29, 1.82) is 5.26 Å². The average Bonchev–Trinajstić information content (AvgIpc) is 2.53. The summed E-state index contributed by atoms with van der Waals surface area (Å²) in [6, 6.07) is 18.8. The summed E-state index contributed by atoms with van der Waals surface area (Å²) in [5.41, 5.74) is 1.70. The molecule has 24 heavy (non-hydrogen) atoms. The molecule has 0 bridgehead atoms. The molecule has 1 saturated heterocycles. The van der Waals surface area contributed by atoms with Gasteiger partial charge in [-0.1, -0.05) is 42.5 Å². The molecule has 1 heterocycles. The second-order valence-corrected chi connectivity index (χ2v) is 8.80. The number of sulfonamides is 1. The Bertz CT molecular complexity index is 902. The first-order valence-corrected chi connectivity index (χ1v) is 9.52. The van der Waals surface area contributed by atoms with E-state index in [0.29, 0.717) is 19.0 Å². The van der Waals surface area contributed by atoms with Crippen LogP contribution >= 0.6 is 0 Å². The van der Waals surface area contributed by atoms with E-state index in [1.54, 1.807) is 18.2 Å². The van der Waals surface area contributed by atoms with E-state index in [0.717, 1.165) is 12.8 Å². The van der Waals surface area contributed by atoms with E-state index in [1.807, 2.05) is 12.1 Å². The zero-order valence-electron chi connectivity index (χ0n) is 13.2. The van der Waals surface area contributed by atoms with Gasteiger partial charge < -0.3 is 0 Å². The fraction of sp³-hybridized carbons (Fsp3) is 0.316. The van der Waals surface area contributed by atoms with Crippen LogP contribution in [0.15, 0.2) is 59.5 Å². The van der Waals surface area contributed by atoms with Gasteiger partial charge in [-0.3, -0.25) is 0 Å². The lowest BCUT2D eigenvalue weighted by atomic mass is 9.57. The van der Waals surface area contributed by atoms with E-state index in [1.165, 1.54) is 15.9 Å². The predicted molar refractivity (Wildman–Crippen MR) is 90.8 cm³/mol. The van der Waals surface area contributed by atoms with Crippen LogP contribution in [0.25, 0.3) is 0 Å². The normalized spacial score (nSPS) is 20.1. The van der Waals surface area contributed by atoms with Gasteiger partial charge in [-0.15, -0.1) is 0 Å². The first kappa shape index (κ1) is 15.4. The van der Waals surface area contributed by atoms with Crippen molar-refractivity contribution in [2.24, 2.45) is 5.41 Å². The molecule has 0 unspecified atom stereocenters.